The van der Waals surface area contributed by atoms with Crippen LogP contribution in [0.5, 0.6) is 0 Å². The lowest BCUT2D eigenvalue weighted by Crippen LogP contribution is -2.36. The van der Waals surface area contributed by atoms with E-state index in [1.165, 1.54) is 18.0 Å². The fourth-order valence-corrected chi connectivity index (χ4v) is 2.26. The van der Waals surface area contributed by atoms with Crippen LogP contribution in [0.4, 0.5) is 0 Å². The molecule has 0 heterocycles. The molecule has 0 aromatic rings. The van der Waals surface area contributed by atoms with Crippen molar-refractivity contribution in [3.63, 3.8) is 0 Å². The third-order valence-electron chi connectivity index (χ3n) is 3.00. The molecule has 1 rings (SSSR count). The summed E-state index contributed by atoms with van der Waals surface area (Å²) in [5.41, 5.74) is 0.583. The van der Waals surface area contributed by atoms with Gasteiger partial charge in [0.1, 0.15) is 0 Å². The SMILES string of the molecule is C=C/C=C(\C=C/C)C1(C(=O)NC(=NC=C)SC)CC1. The number of allylic oxidation sites excluding steroid dienone is 4. The van der Waals surface area contributed by atoms with Crippen molar-refractivity contribution in [2.45, 2.75) is 19.8 Å². The number of nitrogens with one attached hydrogen (secondary N) is 1. The Balaban J connectivity index is 2.91. The monoisotopic (exact) mass is 276 g/mol. The largest absolute Gasteiger partial charge is 0.304 e. The summed E-state index contributed by atoms with van der Waals surface area (Å²) in [4.78, 5) is 16.4. The summed E-state index contributed by atoms with van der Waals surface area (Å²) in [5.74, 6) is -0.00588. The van der Waals surface area contributed by atoms with Crippen molar-refractivity contribution < 1.29 is 4.79 Å². The molecule has 0 radical (unpaired) electrons. The highest BCUT2D eigenvalue weighted by atomic mass is 32.2. The van der Waals surface area contributed by atoms with E-state index in [0.29, 0.717) is 5.17 Å². The number of amides is 1. The number of nitrogens with zero attached hydrogens (tertiary/aromatic N) is 1. The molecule has 0 aliphatic heterocycles. The topological polar surface area (TPSA) is 41.5 Å². The Morgan fingerprint density at radius 1 is 1.42 bits per heavy atom. The zero-order valence-electron chi connectivity index (χ0n) is 11.5. The van der Waals surface area contributed by atoms with E-state index in [-0.39, 0.29) is 5.91 Å². The lowest BCUT2D eigenvalue weighted by Gasteiger charge is -2.16. The molecule has 1 aliphatic carbocycles. The van der Waals surface area contributed by atoms with Crippen molar-refractivity contribution in [2.75, 3.05) is 6.26 Å². The van der Waals surface area contributed by atoms with Gasteiger partial charge in [0, 0.05) is 6.20 Å². The van der Waals surface area contributed by atoms with Gasteiger partial charge in [-0.2, -0.15) is 0 Å². The third kappa shape index (κ3) is 3.70. The van der Waals surface area contributed by atoms with Gasteiger partial charge in [0.25, 0.3) is 0 Å². The Morgan fingerprint density at radius 3 is 2.53 bits per heavy atom. The first-order valence-electron chi connectivity index (χ1n) is 6.14. The van der Waals surface area contributed by atoms with Gasteiger partial charge in [0.15, 0.2) is 5.17 Å². The van der Waals surface area contributed by atoms with Crippen molar-refractivity contribution in [3.05, 3.63) is 49.2 Å². The zero-order valence-corrected chi connectivity index (χ0v) is 12.3. The second-order valence-electron chi connectivity index (χ2n) is 4.21. The summed E-state index contributed by atoms with van der Waals surface area (Å²) >= 11 is 1.39. The molecule has 4 heteroatoms. The Morgan fingerprint density at radius 2 is 2.11 bits per heavy atom. The molecule has 0 aromatic heterocycles. The Kier molecular flexibility index (Phi) is 5.83. The smallest absolute Gasteiger partial charge is 0.236 e. The van der Waals surface area contributed by atoms with Crippen molar-refractivity contribution in [1.29, 1.82) is 0 Å². The van der Waals surface area contributed by atoms with Gasteiger partial charge in [-0.05, 0) is 31.6 Å². The first kappa shape index (κ1) is 15.5. The molecule has 0 atom stereocenters. The van der Waals surface area contributed by atoms with Crippen LogP contribution in [0.3, 0.4) is 0 Å². The number of rotatable bonds is 5. The van der Waals surface area contributed by atoms with E-state index in [0.717, 1.165) is 18.4 Å². The van der Waals surface area contributed by atoms with Gasteiger partial charge in [-0.25, -0.2) is 4.99 Å². The first-order valence-corrected chi connectivity index (χ1v) is 7.37. The average Bonchev–Trinajstić information content (AvgIpc) is 3.19. The molecule has 1 saturated carbocycles. The highest BCUT2D eigenvalue weighted by molar-refractivity contribution is 8.13. The third-order valence-corrected chi connectivity index (χ3v) is 3.60. The maximum absolute atomic E-state index is 12.4. The molecule has 1 amide bonds. The molecular formula is C15H20N2OS. The minimum Gasteiger partial charge on any atom is -0.304 e. The molecule has 3 nitrogen and oxygen atoms in total. The maximum atomic E-state index is 12.4. The normalized spacial score (nSPS) is 18.2. The van der Waals surface area contributed by atoms with Crippen molar-refractivity contribution >= 4 is 22.8 Å². The summed E-state index contributed by atoms with van der Waals surface area (Å²) in [6.07, 6.45) is 12.5. The summed E-state index contributed by atoms with van der Waals surface area (Å²) in [6, 6.07) is 0. The Labute approximate surface area is 119 Å². The minimum atomic E-state index is -0.418. The predicted octanol–water partition coefficient (Wildman–Crippen LogP) is 3.43. The lowest BCUT2D eigenvalue weighted by molar-refractivity contribution is -0.123. The minimum absolute atomic E-state index is 0.00588. The molecule has 1 N–H and O–H groups in total. The molecule has 19 heavy (non-hydrogen) atoms. The van der Waals surface area contributed by atoms with Crippen LogP contribution in [-0.2, 0) is 4.79 Å². The van der Waals surface area contributed by atoms with Crippen LogP contribution >= 0.6 is 11.8 Å². The van der Waals surface area contributed by atoms with Gasteiger partial charge in [-0.3, -0.25) is 4.79 Å². The van der Waals surface area contributed by atoms with E-state index in [4.69, 9.17) is 0 Å². The van der Waals surface area contributed by atoms with Crippen molar-refractivity contribution in [2.24, 2.45) is 10.4 Å². The van der Waals surface area contributed by atoms with Crippen LogP contribution in [0.15, 0.2) is 54.2 Å². The van der Waals surface area contributed by atoms with Gasteiger partial charge < -0.3 is 5.32 Å². The van der Waals surface area contributed by atoms with Crippen LogP contribution < -0.4 is 5.32 Å². The van der Waals surface area contributed by atoms with Gasteiger partial charge in [-0.15, -0.1) is 0 Å². The summed E-state index contributed by atoms with van der Waals surface area (Å²) in [6.45, 7) is 9.19. The molecule has 0 saturated heterocycles. The van der Waals surface area contributed by atoms with Crippen molar-refractivity contribution in [1.82, 2.24) is 5.32 Å². The second kappa shape index (κ2) is 7.14. The number of amidine groups is 1. The van der Waals surface area contributed by atoms with E-state index in [1.807, 2.05) is 31.4 Å². The maximum Gasteiger partial charge on any atom is 0.236 e. The molecular weight excluding hydrogens is 256 g/mol. The molecule has 1 aliphatic rings. The standard InChI is InChI=1S/C15H20N2OS/c1-5-8-12(9-6-2)15(10-11-15)13(18)17-14(19-4)16-7-3/h5-9H,1,3,10-11H2,2,4H3,(H,16,17,18)/b9-6-,12-8+. The van der Waals surface area contributed by atoms with E-state index >= 15 is 0 Å². The van der Waals surface area contributed by atoms with Gasteiger partial charge in [-0.1, -0.05) is 49.2 Å². The summed E-state index contributed by atoms with van der Waals surface area (Å²) in [7, 11) is 0. The van der Waals surface area contributed by atoms with Crippen LogP contribution in [0.1, 0.15) is 19.8 Å². The van der Waals surface area contributed by atoms with Gasteiger partial charge in [0.2, 0.25) is 5.91 Å². The van der Waals surface area contributed by atoms with Crippen LogP contribution in [0.2, 0.25) is 0 Å². The first-order chi connectivity index (χ1) is 9.14. The number of thioether (sulfide) groups is 1. The molecule has 102 valence electrons. The van der Waals surface area contributed by atoms with E-state index in [2.05, 4.69) is 23.5 Å². The number of hydrogen-bond donors (Lipinski definition) is 1. The van der Waals surface area contributed by atoms with Crippen LogP contribution in [-0.4, -0.2) is 17.3 Å². The summed E-state index contributed by atoms with van der Waals surface area (Å²) in [5, 5.41) is 3.44. The molecule has 1 fully saturated rings. The highest BCUT2D eigenvalue weighted by Gasteiger charge is 2.52. The fourth-order valence-electron chi connectivity index (χ4n) is 1.89. The predicted molar refractivity (Wildman–Crippen MR) is 84.1 cm³/mol. The Hall–Kier alpha value is -1.55. The molecule has 0 unspecified atom stereocenters. The van der Waals surface area contributed by atoms with Crippen LogP contribution in [0.25, 0.3) is 0 Å². The molecule has 0 aromatic carbocycles. The van der Waals surface area contributed by atoms with Gasteiger partial charge >= 0.3 is 0 Å². The molecule has 0 spiro atoms. The van der Waals surface area contributed by atoms with Gasteiger partial charge in [0.05, 0.1) is 5.41 Å². The quantitative estimate of drug-likeness (QED) is 0.475. The number of carbonyl (C=O) groups excluding carboxylic acids is 1. The number of hydrogen-bond acceptors (Lipinski definition) is 3. The van der Waals surface area contributed by atoms with E-state index in [1.54, 1.807) is 6.08 Å². The average molecular weight is 276 g/mol. The van der Waals surface area contributed by atoms with Crippen LogP contribution in [0, 0.1) is 5.41 Å². The zero-order chi connectivity index (χ0) is 14.3. The lowest BCUT2D eigenvalue weighted by atomic mass is 9.93. The fraction of sp³-hybridized carbons (Fsp3) is 0.333. The highest BCUT2D eigenvalue weighted by Crippen LogP contribution is 2.52. The Bertz CT molecular complexity index is 457. The summed E-state index contributed by atoms with van der Waals surface area (Å²) < 4.78 is 0. The second-order valence-corrected chi connectivity index (χ2v) is 5.01. The van der Waals surface area contributed by atoms with E-state index < -0.39 is 5.41 Å². The molecule has 0 bridgehead atoms. The number of aliphatic imine (C=N–C) groups is 1. The van der Waals surface area contributed by atoms with Crippen molar-refractivity contribution in [3.8, 4) is 0 Å². The number of carbonyl (C=O) groups is 1. The van der Waals surface area contributed by atoms with E-state index in [9.17, 15) is 4.79 Å².